The summed E-state index contributed by atoms with van der Waals surface area (Å²) in [5, 5.41) is 20.1. The normalized spacial score (nSPS) is 17.4. The summed E-state index contributed by atoms with van der Waals surface area (Å²) in [7, 11) is 0. The van der Waals surface area contributed by atoms with Crippen molar-refractivity contribution in [3.05, 3.63) is 35.9 Å². The number of rotatable bonds is 4. The number of aliphatic hydroxyl groups excluding tert-OH is 1. The maximum atomic E-state index is 10.3. The second-order valence-corrected chi connectivity index (χ2v) is 3.57. The molecular formula is C12H18O2. The smallest absolute Gasteiger partial charge is 0.115 e. The predicted molar refractivity (Wildman–Crippen MR) is 56.9 cm³/mol. The Morgan fingerprint density at radius 1 is 1.21 bits per heavy atom. The summed E-state index contributed by atoms with van der Waals surface area (Å²) in [6.45, 7) is 3.75. The highest BCUT2D eigenvalue weighted by atomic mass is 16.3. The van der Waals surface area contributed by atoms with Crippen molar-refractivity contribution in [2.24, 2.45) is 0 Å². The third-order valence-electron chi connectivity index (χ3n) is 2.75. The van der Waals surface area contributed by atoms with Gasteiger partial charge >= 0.3 is 0 Å². The Morgan fingerprint density at radius 3 is 2.21 bits per heavy atom. The minimum atomic E-state index is -1.10. The minimum absolute atomic E-state index is 0.520. The molecule has 0 amide bonds. The van der Waals surface area contributed by atoms with Crippen LogP contribution in [0, 0.1) is 0 Å². The summed E-state index contributed by atoms with van der Waals surface area (Å²) in [5.74, 6) is 0. The van der Waals surface area contributed by atoms with Crippen LogP contribution < -0.4 is 0 Å². The first-order valence-electron chi connectivity index (χ1n) is 5.11. The van der Waals surface area contributed by atoms with Gasteiger partial charge in [-0.3, -0.25) is 0 Å². The quantitative estimate of drug-likeness (QED) is 0.770. The molecule has 1 aromatic carbocycles. The molecule has 0 fully saturated rings. The summed E-state index contributed by atoms with van der Waals surface area (Å²) in [6.07, 6.45) is 0.375. The Morgan fingerprint density at radius 2 is 1.79 bits per heavy atom. The minimum Gasteiger partial charge on any atom is -0.390 e. The first kappa shape index (κ1) is 11.2. The van der Waals surface area contributed by atoms with Crippen LogP contribution in [0.4, 0.5) is 0 Å². The Kier molecular flexibility index (Phi) is 3.67. The van der Waals surface area contributed by atoms with Crippen molar-refractivity contribution in [1.29, 1.82) is 0 Å². The van der Waals surface area contributed by atoms with Gasteiger partial charge in [0, 0.05) is 0 Å². The molecule has 0 radical (unpaired) electrons. The number of aliphatic hydroxyl groups is 2. The molecule has 0 heterocycles. The topological polar surface area (TPSA) is 40.5 Å². The molecule has 2 unspecified atom stereocenters. The lowest BCUT2D eigenvalue weighted by molar-refractivity contribution is -0.0843. The zero-order chi connectivity index (χ0) is 10.6. The molecule has 1 aromatic rings. The van der Waals surface area contributed by atoms with Crippen molar-refractivity contribution in [2.75, 3.05) is 0 Å². The van der Waals surface area contributed by atoms with Gasteiger partial charge in [-0.2, -0.15) is 0 Å². The van der Waals surface area contributed by atoms with Crippen LogP contribution in [0.15, 0.2) is 30.3 Å². The lowest BCUT2D eigenvalue weighted by Gasteiger charge is -2.32. The Bertz CT molecular complexity index is 271. The fourth-order valence-corrected chi connectivity index (χ4v) is 1.70. The van der Waals surface area contributed by atoms with Crippen molar-refractivity contribution >= 4 is 0 Å². The van der Waals surface area contributed by atoms with E-state index in [1.54, 1.807) is 0 Å². The van der Waals surface area contributed by atoms with E-state index >= 15 is 0 Å². The molecule has 2 N–H and O–H groups in total. The third kappa shape index (κ3) is 1.97. The van der Waals surface area contributed by atoms with Crippen LogP contribution in [0.1, 0.15) is 32.3 Å². The monoisotopic (exact) mass is 194 g/mol. The average molecular weight is 194 g/mol. The van der Waals surface area contributed by atoms with Crippen LogP contribution in [0.25, 0.3) is 0 Å². The highest BCUT2D eigenvalue weighted by Crippen LogP contribution is 2.29. The summed E-state index contributed by atoms with van der Waals surface area (Å²) in [6, 6.07) is 9.35. The molecule has 0 bridgehead atoms. The van der Waals surface area contributed by atoms with E-state index in [9.17, 15) is 10.2 Å². The third-order valence-corrected chi connectivity index (χ3v) is 2.75. The summed E-state index contributed by atoms with van der Waals surface area (Å²) >= 11 is 0. The molecule has 0 aliphatic heterocycles. The van der Waals surface area contributed by atoms with Gasteiger partial charge < -0.3 is 10.2 Å². The van der Waals surface area contributed by atoms with E-state index in [-0.39, 0.29) is 0 Å². The van der Waals surface area contributed by atoms with Gasteiger partial charge in [0.2, 0.25) is 0 Å². The van der Waals surface area contributed by atoms with Gasteiger partial charge in [0.1, 0.15) is 5.60 Å². The van der Waals surface area contributed by atoms with Gasteiger partial charge in [-0.05, 0) is 18.4 Å². The zero-order valence-electron chi connectivity index (χ0n) is 8.77. The molecule has 2 atom stereocenters. The lowest BCUT2D eigenvalue weighted by atomic mass is 9.84. The van der Waals surface area contributed by atoms with E-state index in [0.29, 0.717) is 12.8 Å². The van der Waals surface area contributed by atoms with Crippen LogP contribution in [0.3, 0.4) is 0 Å². The first-order valence-corrected chi connectivity index (χ1v) is 5.11. The van der Waals surface area contributed by atoms with E-state index in [4.69, 9.17) is 0 Å². The van der Waals surface area contributed by atoms with Crippen molar-refractivity contribution in [3.8, 4) is 0 Å². The Hall–Kier alpha value is -0.860. The lowest BCUT2D eigenvalue weighted by Crippen LogP contribution is -2.38. The molecule has 0 aliphatic rings. The van der Waals surface area contributed by atoms with E-state index in [1.165, 1.54) is 0 Å². The largest absolute Gasteiger partial charge is 0.390 e. The second-order valence-electron chi connectivity index (χ2n) is 3.57. The van der Waals surface area contributed by atoms with Crippen molar-refractivity contribution in [1.82, 2.24) is 0 Å². The molecule has 2 nitrogen and oxygen atoms in total. The van der Waals surface area contributed by atoms with E-state index < -0.39 is 11.7 Å². The maximum absolute atomic E-state index is 10.3. The van der Waals surface area contributed by atoms with Crippen LogP contribution in [-0.4, -0.2) is 16.3 Å². The first-order chi connectivity index (χ1) is 6.65. The standard InChI is InChI=1S/C12H18O2/c1-3-11(13)12(14,4-2)10-8-6-5-7-9-10/h5-9,11,13-14H,3-4H2,1-2H3. The van der Waals surface area contributed by atoms with Crippen molar-refractivity contribution in [3.63, 3.8) is 0 Å². The molecular weight excluding hydrogens is 176 g/mol. The highest BCUT2D eigenvalue weighted by molar-refractivity contribution is 5.23. The van der Waals surface area contributed by atoms with Crippen LogP contribution in [0.2, 0.25) is 0 Å². The van der Waals surface area contributed by atoms with Crippen LogP contribution in [-0.2, 0) is 5.60 Å². The van der Waals surface area contributed by atoms with Gasteiger partial charge in [-0.25, -0.2) is 0 Å². The van der Waals surface area contributed by atoms with Gasteiger partial charge in [0.25, 0.3) is 0 Å². The molecule has 0 saturated carbocycles. The molecule has 0 aromatic heterocycles. The van der Waals surface area contributed by atoms with Crippen LogP contribution >= 0.6 is 0 Å². The van der Waals surface area contributed by atoms with E-state index in [0.717, 1.165) is 5.56 Å². The van der Waals surface area contributed by atoms with Crippen LogP contribution in [0.5, 0.6) is 0 Å². The molecule has 0 saturated heterocycles. The fraction of sp³-hybridized carbons (Fsp3) is 0.500. The molecule has 0 spiro atoms. The number of hydrogen-bond donors (Lipinski definition) is 2. The van der Waals surface area contributed by atoms with Gasteiger partial charge in [-0.15, -0.1) is 0 Å². The summed E-state index contributed by atoms with van der Waals surface area (Å²) in [5.41, 5.74) is -0.312. The van der Waals surface area contributed by atoms with Gasteiger partial charge in [0.15, 0.2) is 0 Å². The SMILES string of the molecule is CCC(O)C(O)(CC)c1ccccc1. The molecule has 1 rings (SSSR count). The second kappa shape index (κ2) is 4.58. The molecule has 14 heavy (non-hydrogen) atoms. The van der Waals surface area contributed by atoms with E-state index in [2.05, 4.69) is 0 Å². The number of hydrogen-bond acceptors (Lipinski definition) is 2. The predicted octanol–water partition coefficient (Wildman–Crippen LogP) is 2.06. The maximum Gasteiger partial charge on any atom is 0.115 e. The van der Waals surface area contributed by atoms with Gasteiger partial charge in [-0.1, -0.05) is 44.2 Å². The van der Waals surface area contributed by atoms with E-state index in [1.807, 2.05) is 44.2 Å². The Balaban J connectivity index is 3.01. The zero-order valence-corrected chi connectivity index (χ0v) is 8.77. The molecule has 0 aliphatic carbocycles. The summed E-state index contributed by atoms with van der Waals surface area (Å²) in [4.78, 5) is 0. The van der Waals surface area contributed by atoms with Gasteiger partial charge in [0.05, 0.1) is 6.10 Å². The fourth-order valence-electron chi connectivity index (χ4n) is 1.70. The highest BCUT2D eigenvalue weighted by Gasteiger charge is 2.34. The average Bonchev–Trinajstić information content (AvgIpc) is 2.28. The molecule has 78 valence electrons. The Labute approximate surface area is 85.2 Å². The van der Waals surface area contributed by atoms with Crippen molar-refractivity contribution < 1.29 is 10.2 Å². The molecule has 2 heteroatoms. The summed E-state index contributed by atoms with van der Waals surface area (Å²) < 4.78 is 0. The number of benzene rings is 1. The van der Waals surface area contributed by atoms with Crippen molar-refractivity contribution in [2.45, 2.75) is 38.4 Å².